The number of benzene rings is 2. The summed E-state index contributed by atoms with van der Waals surface area (Å²) >= 11 is 0. The molecule has 1 atom stereocenters. The lowest BCUT2D eigenvalue weighted by Crippen LogP contribution is -2.22. The minimum atomic E-state index is 0.170. The minimum Gasteiger partial charge on any atom is -0.399 e. The molecule has 0 saturated carbocycles. The second kappa shape index (κ2) is 5.40. The van der Waals surface area contributed by atoms with Crippen LogP contribution in [0.5, 0.6) is 0 Å². The van der Waals surface area contributed by atoms with Crippen LogP contribution in [0.1, 0.15) is 18.5 Å². The van der Waals surface area contributed by atoms with Gasteiger partial charge >= 0.3 is 0 Å². The SMILES string of the molecule is CC(c1cccc(N)c1)N(C)c1cnc2ccccc2n1. The lowest BCUT2D eigenvalue weighted by molar-refractivity contribution is 0.729. The first kappa shape index (κ1) is 13.4. The molecule has 0 radical (unpaired) electrons. The molecule has 106 valence electrons. The number of rotatable bonds is 3. The van der Waals surface area contributed by atoms with E-state index in [1.165, 1.54) is 0 Å². The summed E-state index contributed by atoms with van der Waals surface area (Å²) in [6.07, 6.45) is 1.81. The molecule has 1 heterocycles. The van der Waals surface area contributed by atoms with Crippen LogP contribution in [0.3, 0.4) is 0 Å². The van der Waals surface area contributed by atoms with Crippen molar-refractivity contribution < 1.29 is 0 Å². The summed E-state index contributed by atoms with van der Waals surface area (Å²) in [5, 5.41) is 0. The minimum absolute atomic E-state index is 0.170. The van der Waals surface area contributed by atoms with Gasteiger partial charge in [0.05, 0.1) is 23.3 Å². The van der Waals surface area contributed by atoms with Crippen molar-refractivity contribution in [1.82, 2.24) is 9.97 Å². The monoisotopic (exact) mass is 278 g/mol. The summed E-state index contributed by atoms with van der Waals surface area (Å²) in [5.41, 5.74) is 9.61. The van der Waals surface area contributed by atoms with Crippen molar-refractivity contribution in [2.45, 2.75) is 13.0 Å². The van der Waals surface area contributed by atoms with Crippen LogP contribution in [0.2, 0.25) is 0 Å². The van der Waals surface area contributed by atoms with Gasteiger partial charge in [-0.05, 0) is 36.8 Å². The number of nitrogen functional groups attached to an aromatic ring is 1. The van der Waals surface area contributed by atoms with Crippen LogP contribution in [-0.2, 0) is 0 Å². The van der Waals surface area contributed by atoms with Crippen molar-refractivity contribution in [2.75, 3.05) is 17.7 Å². The van der Waals surface area contributed by atoms with E-state index >= 15 is 0 Å². The Bertz CT molecular complexity index is 769. The van der Waals surface area contributed by atoms with Crippen molar-refractivity contribution in [3.8, 4) is 0 Å². The maximum atomic E-state index is 5.86. The summed E-state index contributed by atoms with van der Waals surface area (Å²) < 4.78 is 0. The smallest absolute Gasteiger partial charge is 0.148 e. The van der Waals surface area contributed by atoms with Gasteiger partial charge in [0.25, 0.3) is 0 Å². The lowest BCUT2D eigenvalue weighted by Gasteiger charge is -2.26. The second-order valence-electron chi connectivity index (χ2n) is 5.17. The fourth-order valence-corrected chi connectivity index (χ4v) is 2.36. The van der Waals surface area contributed by atoms with Crippen LogP contribution in [0.4, 0.5) is 11.5 Å². The molecule has 21 heavy (non-hydrogen) atoms. The molecule has 4 nitrogen and oxygen atoms in total. The number of hydrogen-bond donors (Lipinski definition) is 1. The summed E-state index contributed by atoms with van der Waals surface area (Å²) in [6, 6.07) is 16.0. The molecule has 3 rings (SSSR count). The molecule has 0 fully saturated rings. The summed E-state index contributed by atoms with van der Waals surface area (Å²) in [7, 11) is 2.02. The van der Waals surface area contributed by atoms with E-state index in [9.17, 15) is 0 Å². The highest BCUT2D eigenvalue weighted by atomic mass is 15.2. The van der Waals surface area contributed by atoms with E-state index in [4.69, 9.17) is 5.73 Å². The highest BCUT2D eigenvalue weighted by molar-refractivity contribution is 5.75. The Hall–Kier alpha value is -2.62. The number of aromatic nitrogens is 2. The van der Waals surface area contributed by atoms with Gasteiger partial charge in [0.15, 0.2) is 0 Å². The van der Waals surface area contributed by atoms with Crippen molar-refractivity contribution >= 4 is 22.5 Å². The summed E-state index contributed by atoms with van der Waals surface area (Å²) in [4.78, 5) is 11.2. The number of fused-ring (bicyclic) bond motifs is 1. The largest absolute Gasteiger partial charge is 0.399 e. The average molecular weight is 278 g/mol. The zero-order valence-electron chi connectivity index (χ0n) is 12.2. The van der Waals surface area contributed by atoms with Crippen LogP contribution in [0.15, 0.2) is 54.7 Å². The molecule has 1 aromatic heterocycles. The third-order valence-electron chi connectivity index (χ3n) is 3.77. The Labute approximate surface area is 124 Å². The standard InChI is InChI=1S/C17H18N4/c1-12(13-6-5-7-14(18)10-13)21(2)17-11-19-15-8-3-4-9-16(15)20-17/h3-12H,18H2,1-2H3. The molecular weight excluding hydrogens is 260 g/mol. The van der Waals surface area contributed by atoms with Crippen LogP contribution in [0.25, 0.3) is 11.0 Å². The molecule has 0 aliphatic carbocycles. The molecule has 0 saturated heterocycles. The van der Waals surface area contributed by atoms with Gasteiger partial charge in [-0.3, -0.25) is 4.98 Å². The van der Waals surface area contributed by atoms with Crippen LogP contribution >= 0.6 is 0 Å². The van der Waals surface area contributed by atoms with Gasteiger partial charge in [-0.25, -0.2) is 4.98 Å². The zero-order valence-corrected chi connectivity index (χ0v) is 12.2. The first-order chi connectivity index (χ1) is 10.1. The number of nitrogens with two attached hydrogens (primary N) is 1. The van der Waals surface area contributed by atoms with E-state index in [0.29, 0.717) is 0 Å². The fraction of sp³-hybridized carbons (Fsp3) is 0.176. The number of anilines is 2. The topological polar surface area (TPSA) is 55.0 Å². The Morgan fingerprint density at radius 2 is 1.81 bits per heavy atom. The quantitative estimate of drug-likeness (QED) is 0.746. The van der Waals surface area contributed by atoms with Gasteiger partial charge in [0.1, 0.15) is 5.82 Å². The molecule has 0 amide bonds. The van der Waals surface area contributed by atoms with Gasteiger partial charge < -0.3 is 10.6 Å². The van der Waals surface area contributed by atoms with Crippen LogP contribution in [0, 0.1) is 0 Å². The van der Waals surface area contributed by atoms with E-state index < -0.39 is 0 Å². The Balaban J connectivity index is 1.94. The third-order valence-corrected chi connectivity index (χ3v) is 3.77. The fourth-order valence-electron chi connectivity index (χ4n) is 2.36. The molecule has 2 N–H and O–H groups in total. The normalized spacial score (nSPS) is 12.3. The van der Waals surface area contributed by atoms with Crippen molar-refractivity contribution in [3.05, 3.63) is 60.3 Å². The van der Waals surface area contributed by atoms with Crippen molar-refractivity contribution in [3.63, 3.8) is 0 Å². The third kappa shape index (κ3) is 2.65. The number of hydrogen-bond acceptors (Lipinski definition) is 4. The van der Waals surface area contributed by atoms with E-state index in [0.717, 1.165) is 28.1 Å². The second-order valence-corrected chi connectivity index (χ2v) is 5.17. The molecular formula is C17H18N4. The van der Waals surface area contributed by atoms with Crippen LogP contribution < -0.4 is 10.6 Å². The first-order valence-corrected chi connectivity index (χ1v) is 6.95. The highest BCUT2D eigenvalue weighted by Gasteiger charge is 2.14. The van der Waals surface area contributed by atoms with Crippen LogP contribution in [-0.4, -0.2) is 17.0 Å². The Morgan fingerprint density at radius 3 is 2.57 bits per heavy atom. The van der Waals surface area contributed by atoms with Crippen molar-refractivity contribution in [1.29, 1.82) is 0 Å². The first-order valence-electron chi connectivity index (χ1n) is 6.95. The molecule has 0 aliphatic heterocycles. The van der Waals surface area contributed by atoms with Gasteiger partial charge in [-0.1, -0.05) is 24.3 Å². The van der Waals surface area contributed by atoms with E-state index in [1.807, 2.05) is 55.7 Å². The van der Waals surface area contributed by atoms with E-state index in [-0.39, 0.29) is 6.04 Å². The Kier molecular flexibility index (Phi) is 3.44. The van der Waals surface area contributed by atoms with E-state index in [1.54, 1.807) is 0 Å². The molecule has 3 aromatic rings. The van der Waals surface area contributed by atoms with Crippen molar-refractivity contribution in [2.24, 2.45) is 0 Å². The van der Waals surface area contributed by atoms with Gasteiger partial charge in [-0.15, -0.1) is 0 Å². The maximum absolute atomic E-state index is 5.86. The highest BCUT2D eigenvalue weighted by Crippen LogP contribution is 2.25. The average Bonchev–Trinajstić information content (AvgIpc) is 2.53. The molecule has 2 aromatic carbocycles. The predicted octanol–water partition coefficient (Wildman–Crippen LogP) is 3.41. The zero-order chi connectivity index (χ0) is 14.8. The summed E-state index contributed by atoms with van der Waals surface area (Å²) in [6.45, 7) is 2.13. The molecule has 1 unspecified atom stereocenters. The molecule has 0 bridgehead atoms. The lowest BCUT2D eigenvalue weighted by atomic mass is 10.1. The van der Waals surface area contributed by atoms with E-state index in [2.05, 4.69) is 27.9 Å². The predicted molar refractivity (Wildman–Crippen MR) is 87.2 cm³/mol. The summed E-state index contributed by atoms with van der Waals surface area (Å²) in [5.74, 6) is 0.851. The Morgan fingerprint density at radius 1 is 1.05 bits per heavy atom. The molecule has 4 heteroatoms. The number of nitrogens with zero attached hydrogens (tertiary/aromatic N) is 3. The molecule has 0 aliphatic rings. The molecule has 0 spiro atoms. The van der Waals surface area contributed by atoms with Gasteiger partial charge in [0.2, 0.25) is 0 Å². The number of para-hydroxylation sites is 2. The van der Waals surface area contributed by atoms with Gasteiger partial charge in [-0.2, -0.15) is 0 Å². The maximum Gasteiger partial charge on any atom is 0.148 e. The van der Waals surface area contributed by atoms with Gasteiger partial charge in [0, 0.05) is 12.7 Å².